The summed E-state index contributed by atoms with van der Waals surface area (Å²) in [4.78, 5) is 14.6. The normalized spacial score (nSPS) is 13.6. The lowest BCUT2D eigenvalue weighted by atomic mass is 9.87. The predicted octanol–water partition coefficient (Wildman–Crippen LogP) is 4.75. The van der Waals surface area contributed by atoms with Crippen LogP contribution in [-0.4, -0.2) is 38.2 Å². The van der Waals surface area contributed by atoms with Gasteiger partial charge in [-0.1, -0.05) is 32.9 Å². The van der Waals surface area contributed by atoms with Crippen molar-refractivity contribution in [1.82, 2.24) is 4.90 Å². The molecule has 1 amide bonds. The molecule has 0 unspecified atom stereocenters. The minimum atomic E-state index is 0.132. The first-order valence-electron chi connectivity index (χ1n) is 10.6. The van der Waals surface area contributed by atoms with E-state index in [9.17, 15) is 4.79 Å². The molecule has 0 N–H and O–H groups in total. The zero-order valence-corrected chi connectivity index (χ0v) is 18.8. The van der Waals surface area contributed by atoms with E-state index in [0.717, 1.165) is 30.0 Å². The van der Waals surface area contributed by atoms with Crippen LogP contribution in [-0.2, 0) is 23.2 Å². The van der Waals surface area contributed by atoms with Gasteiger partial charge in [-0.15, -0.1) is 0 Å². The van der Waals surface area contributed by atoms with Crippen molar-refractivity contribution < 1.29 is 19.0 Å². The maximum atomic E-state index is 12.7. The van der Waals surface area contributed by atoms with Gasteiger partial charge in [0.15, 0.2) is 11.5 Å². The molecule has 1 aliphatic heterocycles. The van der Waals surface area contributed by atoms with Gasteiger partial charge in [0.25, 0.3) is 0 Å². The molecule has 30 heavy (non-hydrogen) atoms. The van der Waals surface area contributed by atoms with Crippen LogP contribution in [0.25, 0.3) is 0 Å². The van der Waals surface area contributed by atoms with E-state index in [1.165, 1.54) is 11.1 Å². The van der Waals surface area contributed by atoms with E-state index >= 15 is 0 Å². The first-order chi connectivity index (χ1) is 14.3. The second kappa shape index (κ2) is 9.41. The average Bonchev–Trinajstić information content (AvgIpc) is 2.74. The summed E-state index contributed by atoms with van der Waals surface area (Å²) in [5, 5.41) is 0. The summed E-state index contributed by atoms with van der Waals surface area (Å²) in [6.07, 6.45) is 2.02. The Morgan fingerprint density at radius 3 is 2.23 bits per heavy atom. The number of rotatable bonds is 7. The third-order valence-corrected chi connectivity index (χ3v) is 5.59. The predicted molar refractivity (Wildman–Crippen MR) is 119 cm³/mol. The van der Waals surface area contributed by atoms with Crippen LogP contribution in [0.5, 0.6) is 17.2 Å². The summed E-state index contributed by atoms with van der Waals surface area (Å²) in [7, 11) is 3.27. The molecule has 5 heteroatoms. The highest BCUT2D eigenvalue weighted by molar-refractivity contribution is 5.76. The zero-order valence-electron chi connectivity index (χ0n) is 18.8. The third-order valence-electron chi connectivity index (χ3n) is 5.59. The van der Waals surface area contributed by atoms with Gasteiger partial charge in [-0.05, 0) is 59.2 Å². The number of methoxy groups -OCH3 is 2. The lowest BCUT2D eigenvalue weighted by molar-refractivity contribution is -0.132. The lowest BCUT2D eigenvalue weighted by Crippen LogP contribution is -2.36. The number of amides is 1. The van der Waals surface area contributed by atoms with Gasteiger partial charge in [-0.25, -0.2) is 0 Å². The quantitative estimate of drug-likeness (QED) is 0.617. The summed E-state index contributed by atoms with van der Waals surface area (Å²) in [6, 6.07) is 12.2. The molecule has 5 nitrogen and oxygen atoms in total. The van der Waals surface area contributed by atoms with E-state index in [1.54, 1.807) is 14.2 Å². The average molecular weight is 412 g/mol. The number of nitrogens with zero attached hydrogens (tertiary/aromatic N) is 1. The Kier molecular flexibility index (Phi) is 6.91. The fourth-order valence-corrected chi connectivity index (χ4v) is 3.72. The molecule has 162 valence electrons. The van der Waals surface area contributed by atoms with Crippen LogP contribution >= 0.6 is 0 Å². The molecule has 0 bridgehead atoms. The zero-order chi connectivity index (χ0) is 21.7. The van der Waals surface area contributed by atoms with Gasteiger partial charge in [-0.3, -0.25) is 4.79 Å². The van der Waals surface area contributed by atoms with Crippen molar-refractivity contribution in [2.24, 2.45) is 0 Å². The van der Waals surface area contributed by atoms with Gasteiger partial charge in [0.2, 0.25) is 5.91 Å². The Hall–Kier alpha value is -2.69. The summed E-state index contributed by atoms with van der Waals surface area (Å²) in [5.74, 6) is 2.46. The summed E-state index contributed by atoms with van der Waals surface area (Å²) < 4.78 is 16.6. The van der Waals surface area contributed by atoms with Crippen LogP contribution < -0.4 is 14.2 Å². The lowest BCUT2D eigenvalue weighted by Gasteiger charge is -2.29. The Bertz CT molecular complexity index is 868. The molecule has 2 aromatic carbocycles. The van der Waals surface area contributed by atoms with Crippen LogP contribution in [0.4, 0.5) is 0 Å². The fourth-order valence-electron chi connectivity index (χ4n) is 3.72. The second-order valence-electron chi connectivity index (χ2n) is 8.77. The highest BCUT2D eigenvalue weighted by atomic mass is 16.5. The van der Waals surface area contributed by atoms with E-state index in [-0.39, 0.29) is 11.3 Å². The van der Waals surface area contributed by atoms with Crippen molar-refractivity contribution in [1.29, 1.82) is 0 Å². The van der Waals surface area contributed by atoms with Crippen molar-refractivity contribution >= 4 is 5.91 Å². The van der Waals surface area contributed by atoms with Gasteiger partial charge >= 0.3 is 0 Å². The number of fused-ring (bicyclic) bond motifs is 1. The molecule has 1 aliphatic rings. The number of carbonyl (C=O) groups is 1. The number of benzene rings is 2. The van der Waals surface area contributed by atoms with Gasteiger partial charge in [-0.2, -0.15) is 0 Å². The highest BCUT2D eigenvalue weighted by Crippen LogP contribution is 2.33. The largest absolute Gasteiger partial charge is 0.494 e. The Labute approximate surface area is 179 Å². The Balaban J connectivity index is 1.48. The number of carbonyl (C=O) groups excluding carboxylic acids is 1. The highest BCUT2D eigenvalue weighted by Gasteiger charge is 2.22. The van der Waals surface area contributed by atoms with E-state index < -0.39 is 0 Å². The van der Waals surface area contributed by atoms with Crippen molar-refractivity contribution in [2.45, 2.75) is 52.0 Å². The topological polar surface area (TPSA) is 48.0 Å². The monoisotopic (exact) mass is 411 g/mol. The van der Waals surface area contributed by atoms with Crippen molar-refractivity contribution in [3.05, 3.63) is 53.1 Å². The maximum absolute atomic E-state index is 12.7. The molecule has 0 saturated carbocycles. The van der Waals surface area contributed by atoms with Crippen LogP contribution in [0.15, 0.2) is 36.4 Å². The Morgan fingerprint density at radius 2 is 1.63 bits per heavy atom. The van der Waals surface area contributed by atoms with Gasteiger partial charge in [0, 0.05) is 19.5 Å². The molecule has 3 rings (SSSR count). The smallest absolute Gasteiger partial charge is 0.223 e. The maximum Gasteiger partial charge on any atom is 0.223 e. The first kappa shape index (κ1) is 22.0. The van der Waals surface area contributed by atoms with Crippen LogP contribution in [0.1, 0.15) is 50.3 Å². The summed E-state index contributed by atoms with van der Waals surface area (Å²) >= 11 is 0. The molecule has 0 saturated heterocycles. The van der Waals surface area contributed by atoms with Crippen molar-refractivity contribution in [2.75, 3.05) is 27.4 Å². The fraction of sp³-hybridized carbons (Fsp3) is 0.480. The van der Waals surface area contributed by atoms with E-state index in [4.69, 9.17) is 14.2 Å². The number of ether oxygens (including phenoxy) is 3. The Morgan fingerprint density at radius 1 is 1.00 bits per heavy atom. The molecular weight excluding hydrogens is 378 g/mol. The van der Waals surface area contributed by atoms with Crippen molar-refractivity contribution in [3.8, 4) is 17.2 Å². The molecule has 1 heterocycles. The van der Waals surface area contributed by atoms with E-state index in [0.29, 0.717) is 31.7 Å². The standard InChI is InChI=1S/C25H33NO4/c1-25(2,3)20-8-10-21(11-9-20)30-14-6-7-24(27)26-13-12-18-15-22(28-4)23(29-5)16-19(18)17-26/h8-11,15-16H,6-7,12-14,17H2,1-5H3. The molecular formula is C25H33NO4. The molecule has 0 radical (unpaired) electrons. The summed E-state index contributed by atoms with van der Waals surface area (Å²) in [6.45, 7) is 8.47. The third kappa shape index (κ3) is 5.26. The number of hydrogen-bond acceptors (Lipinski definition) is 4. The van der Waals surface area contributed by atoms with Crippen LogP contribution in [0.3, 0.4) is 0 Å². The van der Waals surface area contributed by atoms with Gasteiger partial charge in [0.1, 0.15) is 5.75 Å². The molecule has 0 aromatic heterocycles. The minimum absolute atomic E-state index is 0.132. The summed E-state index contributed by atoms with van der Waals surface area (Å²) in [5.41, 5.74) is 3.76. The number of hydrogen-bond donors (Lipinski definition) is 0. The van der Waals surface area contributed by atoms with E-state index in [1.807, 2.05) is 29.2 Å². The van der Waals surface area contributed by atoms with Gasteiger partial charge in [0.05, 0.1) is 20.8 Å². The molecule has 0 spiro atoms. The van der Waals surface area contributed by atoms with E-state index in [2.05, 4.69) is 32.9 Å². The molecule has 0 aliphatic carbocycles. The SMILES string of the molecule is COc1cc2c(cc1OC)CN(C(=O)CCCOc1ccc(C(C)(C)C)cc1)CC2. The van der Waals surface area contributed by atoms with Crippen molar-refractivity contribution in [3.63, 3.8) is 0 Å². The van der Waals surface area contributed by atoms with Gasteiger partial charge < -0.3 is 19.1 Å². The minimum Gasteiger partial charge on any atom is -0.494 e. The molecule has 0 fully saturated rings. The second-order valence-corrected chi connectivity index (χ2v) is 8.77. The van der Waals surface area contributed by atoms with Crippen LogP contribution in [0, 0.1) is 0 Å². The molecule has 2 aromatic rings. The first-order valence-corrected chi connectivity index (χ1v) is 10.6. The van der Waals surface area contributed by atoms with Crippen LogP contribution in [0.2, 0.25) is 0 Å². The molecule has 0 atom stereocenters.